The van der Waals surface area contributed by atoms with Crippen LogP contribution in [0.4, 0.5) is 0 Å². The SMILES string of the molecule is COc1ccccc1CNC(=O)CCc1nc(C(C)(C)C)cs1. The van der Waals surface area contributed by atoms with E-state index in [1.807, 2.05) is 24.3 Å². The lowest BCUT2D eigenvalue weighted by Gasteiger charge is -2.14. The summed E-state index contributed by atoms with van der Waals surface area (Å²) in [6, 6.07) is 7.70. The largest absolute Gasteiger partial charge is 0.496 e. The maximum absolute atomic E-state index is 12.0. The van der Waals surface area contributed by atoms with Crippen LogP contribution in [-0.4, -0.2) is 18.0 Å². The summed E-state index contributed by atoms with van der Waals surface area (Å²) < 4.78 is 5.28. The fourth-order valence-electron chi connectivity index (χ4n) is 2.12. The molecule has 124 valence electrons. The smallest absolute Gasteiger partial charge is 0.220 e. The minimum absolute atomic E-state index is 0.0309. The summed E-state index contributed by atoms with van der Waals surface area (Å²) in [5.74, 6) is 0.825. The molecule has 0 fully saturated rings. The highest BCUT2D eigenvalue weighted by molar-refractivity contribution is 7.09. The molecule has 0 atom stereocenters. The van der Waals surface area contributed by atoms with Gasteiger partial charge in [-0.25, -0.2) is 4.98 Å². The predicted molar refractivity (Wildman–Crippen MR) is 94.0 cm³/mol. The van der Waals surface area contributed by atoms with Gasteiger partial charge < -0.3 is 10.1 Å². The second-order valence-electron chi connectivity index (χ2n) is 6.47. The molecule has 1 N–H and O–H groups in total. The van der Waals surface area contributed by atoms with Gasteiger partial charge in [0.25, 0.3) is 0 Å². The van der Waals surface area contributed by atoms with E-state index in [1.165, 1.54) is 0 Å². The highest BCUT2D eigenvalue weighted by Gasteiger charge is 2.17. The fraction of sp³-hybridized carbons (Fsp3) is 0.444. The summed E-state index contributed by atoms with van der Waals surface area (Å²) in [5, 5.41) is 6.04. The number of hydrogen-bond acceptors (Lipinski definition) is 4. The van der Waals surface area contributed by atoms with Gasteiger partial charge in [0.05, 0.1) is 17.8 Å². The Labute approximate surface area is 141 Å². The summed E-state index contributed by atoms with van der Waals surface area (Å²) in [5.41, 5.74) is 2.13. The normalized spacial score (nSPS) is 11.3. The Hall–Kier alpha value is -1.88. The molecule has 0 bridgehead atoms. The number of rotatable bonds is 6. The number of aryl methyl sites for hydroxylation is 1. The molecule has 0 aliphatic carbocycles. The van der Waals surface area contributed by atoms with E-state index in [1.54, 1.807) is 18.4 Å². The topological polar surface area (TPSA) is 51.2 Å². The highest BCUT2D eigenvalue weighted by atomic mass is 32.1. The number of nitrogens with one attached hydrogen (secondary N) is 1. The van der Waals surface area contributed by atoms with E-state index in [0.29, 0.717) is 19.4 Å². The number of hydrogen-bond donors (Lipinski definition) is 1. The van der Waals surface area contributed by atoms with Gasteiger partial charge in [0.2, 0.25) is 5.91 Å². The van der Waals surface area contributed by atoms with E-state index >= 15 is 0 Å². The maximum Gasteiger partial charge on any atom is 0.220 e. The fourth-order valence-corrected chi connectivity index (χ4v) is 3.15. The Morgan fingerprint density at radius 3 is 2.70 bits per heavy atom. The molecule has 2 aromatic rings. The Balaban J connectivity index is 1.82. The summed E-state index contributed by atoms with van der Waals surface area (Å²) in [7, 11) is 1.63. The third kappa shape index (κ3) is 5.06. The number of thiazole rings is 1. The third-order valence-electron chi connectivity index (χ3n) is 3.55. The molecule has 1 aromatic carbocycles. The van der Waals surface area contributed by atoms with Gasteiger partial charge in [0.15, 0.2) is 0 Å². The molecule has 0 spiro atoms. The minimum Gasteiger partial charge on any atom is -0.496 e. The zero-order chi connectivity index (χ0) is 16.9. The lowest BCUT2D eigenvalue weighted by Crippen LogP contribution is -2.23. The van der Waals surface area contributed by atoms with Crippen molar-refractivity contribution in [1.29, 1.82) is 0 Å². The van der Waals surface area contributed by atoms with Crippen molar-refractivity contribution in [3.05, 3.63) is 45.9 Å². The number of carbonyl (C=O) groups excluding carboxylic acids is 1. The average Bonchev–Trinajstić information content (AvgIpc) is 3.00. The molecule has 1 aromatic heterocycles. The van der Waals surface area contributed by atoms with Gasteiger partial charge in [-0.05, 0) is 6.07 Å². The van der Waals surface area contributed by atoms with Gasteiger partial charge in [-0.2, -0.15) is 0 Å². The molecule has 1 amide bonds. The van der Waals surface area contributed by atoms with Crippen molar-refractivity contribution in [2.24, 2.45) is 0 Å². The van der Waals surface area contributed by atoms with Crippen LogP contribution >= 0.6 is 11.3 Å². The number of amides is 1. The number of methoxy groups -OCH3 is 1. The van der Waals surface area contributed by atoms with Crippen molar-refractivity contribution in [2.75, 3.05) is 7.11 Å². The molecular formula is C18H24N2O2S. The summed E-state index contributed by atoms with van der Waals surface area (Å²) in [4.78, 5) is 16.6. The average molecular weight is 332 g/mol. The molecule has 5 heteroatoms. The maximum atomic E-state index is 12.0. The van der Waals surface area contributed by atoms with Gasteiger partial charge in [0.1, 0.15) is 5.75 Å². The molecule has 0 saturated carbocycles. The number of nitrogens with zero attached hydrogens (tertiary/aromatic N) is 1. The molecule has 0 aliphatic heterocycles. The van der Waals surface area contributed by atoms with Gasteiger partial charge in [-0.3, -0.25) is 4.79 Å². The molecule has 1 heterocycles. The molecule has 4 nitrogen and oxygen atoms in total. The van der Waals surface area contributed by atoms with Gasteiger partial charge in [0, 0.05) is 35.7 Å². The first-order chi connectivity index (χ1) is 10.9. The Morgan fingerprint density at radius 2 is 2.04 bits per heavy atom. The summed E-state index contributed by atoms with van der Waals surface area (Å²) in [6.45, 7) is 6.91. The van der Waals surface area contributed by atoms with Gasteiger partial charge in [-0.15, -0.1) is 11.3 Å². The Bertz CT molecular complexity index is 659. The van der Waals surface area contributed by atoms with Crippen LogP contribution in [-0.2, 0) is 23.2 Å². The van der Waals surface area contributed by atoms with Crippen LogP contribution in [0.5, 0.6) is 5.75 Å². The van der Waals surface area contributed by atoms with Crippen molar-refractivity contribution >= 4 is 17.2 Å². The van der Waals surface area contributed by atoms with E-state index in [4.69, 9.17) is 4.74 Å². The monoisotopic (exact) mass is 332 g/mol. The van der Waals surface area contributed by atoms with Crippen molar-refractivity contribution < 1.29 is 9.53 Å². The first-order valence-corrected chi connectivity index (χ1v) is 8.61. The second kappa shape index (κ2) is 7.59. The lowest BCUT2D eigenvalue weighted by atomic mass is 9.93. The molecule has 0 saturated heterocycles. The van der Waals surface area contributed by atoms with Crippen LogP contribution in [0, 0.1) is 0 Å². The number of benzene rings is 1. The number of aromatic nitrogens is 1. The van der Waals surface area contributed by atoms with Crippen LogP contribution in [0.3, 0.4) is 0 Å². The summed E-state index contributed by atoms with van der Waals surface area (Å²) >= 11 is 1.63. The van der Waals surface area contributed by atoms with E-state index < -0.39 is 0 Å². The molecule has 0 radical (unpaired) electrons. The number of carbonyl (C=O) groups is 1. The van der Waals surface area contributed by atoms with E-state index in [9.17, 15) is 4.79 Å². The zero-order valence-electron chi connectivity index (χ0n) is 14.2. The van der Waals surface area contributed by atoms with E-state index in [2.05, 4.69) is 36.5 Å². The van der Waals surface area contributed by atoms with Gasteiger partial charge in [-0.1, -0.05) is 39.0 Å². The first kappa shape index (κ1) is 17.5. The number of ether oxygens (including phenoxy) is 1. The second-order valence-corrected chi connectivity index (χ2v) is 7.41. The molecule has 0 aliphatic rings. The van der Waals surface area contributed by atoms with Crippen LogP contribution in [0.15, 0.2) is 29.6 Å². The molecule has 0 unspecified atom stereocenters. The van der Waals surface area contributed by atoms with E-state index in [0.717, 1.165) is 22.0 Å². The van der Waals surface area contributed by atoms with Crippen LogP contribution in [0.25, 0.3) is 0 Å². The molecular weight excluding hydrogens is 308 g/mol. The predicted octanol–water partition coefficient (Wildman–Crippen LogP) is 3.70. The first-order valence-electron chi connectivity index (χ1n) is 7.73. The van der Waals surface area contributed by atoms with Gasteiger partial charge >= 0.3 is 0 Å². The van der Waals surface area contributed by atoms with Crippen LogP contribution in [0.2, 0.25) is 0 Å². The highest BCUT2D eigenvalue weighted by Crippen LogP contribution is 2.24. The molecule has 23 heavy (non-hydrogen) atoms. The minimum atomic E-state index is 0.0309. The van der Waals surface area contributed by atoms with Crippen molar-refractivity contribution in [3.63, 3.8) is 0 Å². The third-order valence-corrected chi connectivity index (χ3v) is 4.46. The Morgan fingerprint density at radius 1 is 1.30 bits per heavy atom. The number of para-hydroxylation sites is 1. The van der Waals surface area contributed by atoms with E-state index in [-0.39, 0.29) is 11.3 Å². The lowest BCUT2D eigenvalue weighted by molar-refractivity contribution is -0.121. The summed E-state index contributed by atoms with van der Waals surface area (Å²) in [6.07, 6.45) is 1.13. The molecule has 2 rings (SSSR count). The quantitative estimate of drug-likeness (QED) is 0.877. The van der Waals surface area contributed by atoms with Crippen molar-refractivity contribution in [2.45, 2.75) is 45.6 Å². The van der Waals surface area contributed by atoms with Crippen molar-refractivity contribution in [1.82, 2.24) is 10.3 Å². The van der Waals surface area contributed by atoms with Crippen LogP contribution in [0.1, 0.15) is 43.5 Å². The van der Waals surface area contributed by atoms with Crippen LogP contribution < -0.4 is 10.1 Å². The standard InChI is InChI=1S/C18H24N2O2S/c1-18(2,3)15-12-23-17(20-15)10-9-16(21)19-11-13-7-5-6-8-14(13)22-4/h5-8,12H,9-11H2,1-4H3,(H,19,21). The van der Waals surface area contributed by atoms with Crippen molar-refractivity contribution in [3.8, 4) is 5.75 Å². The zero-order valence-corrected chi connectivity index (χ0v) is 15.0. The Kier molecular flexibility index (Phi) is 5.77.